The van der Waals surface area contributed by atoms with E-state index >= 15 is 0 Å². The summed E-state index contributed by atoms with van der Waals surface area (Å²) in [4.78, 5) is 0. The van der Waals surface area contributed by atoms with Gasteiger partial charge in [-0.3, -0.25) is 0 Å². The Hall–Kier alpha value is -1.02. The molecule has 0 aromatic heterocycles. The molecule has 1 N–H and O–H groups in total. The highest BCUT2D eigenvalue weighted by molar-refractivity contribution is 5.46. The van der Waals surface area contributed by atoms with Crippen molar-refractivity contribution in [1.82, 2.24) is 5.32 Å². The Morgan fingerprint density at radius 3 is 2.56 bits per heavy atom. The van der Waals surface area contributed by atoms with Crippen LogP contribution in [-0.2, 0) is 11.8 Å². The average Bonchev–Trinajstić information content (AvgIpc) is 3.16. The van der Waals surface area contributed by atoms with E-state index in [-0.39, 0.29) is 0 Å². The van der Waals surface area contributed by atoms with Crippen LogP contribution in [0.15, 0.2) is 18.2 Å². The van der Waals surface area contributed by atoms with E-state index in [2.05, 4.69) is 44.3 Å². The van der Waals surface area contributed by atoms with Crippen LogP contribution in [0.1, 0.15) is 44.7 Å². The Balaban J connectivity index is 2.25. The molecule has 1 saturated carbocycles. The van der Waals surface area contributed by atoms with E-state index in [4.69, 9.17) is 4.74 Å². The Morgan fingerprint density at radius 2 is 2.06 bits per heavy atom. The van der Waals surface area contributed by atoms with Crippen LogP contribution in [0.2, 0.25) is 0 Å². The molecule has 0 amide bonds. The van der Waals surface area contributed by atoms with Crippen molar-refractivity contribution < 1.29 is 4.74 Å². The lowest BCUT2D eigenvalue weighted by Gasteiger charge is -2.21. The van der Waals surface area contributed by atoms with E-state index in [0.717, 1.165) is 18.7 Å². The molecule has 0 aliphatic heterocycles. The van der Waals surface area contributed by atoms with Crippen LogP contribution < -0.4 is 10.1 Å². The molecule has 0 unspecified atom stereocenters. The molecule has 2 rings (SSSR count). The minimum absolute atomic E-state index is 0.320. The molecule has 2 heteroatoms. The zero-order valence-electron chi connectivity index (χ0n) is 12.0. The number of nitrogens with one attached hydrogen (secondary N) is 1. The molecule has 1 aliphatic carbocycles. The summed E-state index contributed by atoms with van der Waals surface area (Å²) >= 11 is 0. The van der Waals surface area contributed by atoms with E-state index in [1.54, 1.807) is 7.11 Å². The topological polar surface area (TPSA) is 21.3 Å². The zero-order chi connectivity index (χ0) is 13.2. The maximum Gasteiger partial charge on any atom is 0.122 e. The summed E-state index contributed by atoms with van der Waals surface area (Å²) in [5, 5.41) is 3.58. The van der Waals surface area contributed by atoms with Gasteiger partial charge in [-0.05, 0) is 30.9 Å². The van der Waals surface area contributed by atoms with Crippen LogP contribution in [0.3, 0.4) is 0 Å². The molecule has 1 aromatic carbocycles. The number of aryl methyl sites for hydroxylation is 1. The van der Waals surface area contributed by atoms with Crippen molar-refractivity contribution in [3.05, 3.63) is 29.3 Å². The van der Waals surface area contributed by atoms with Gasteiger partial charge in [0.25, 0.3) is 0 Å². The van der Waals surface area contributed by atoms with Gasteiger partial charge in [0.1, 0.15) is 5.75 Å². The van der Waals surface area contributed by atoms with Gasteiger partial charge in [-0.25, -0.2) is 0 Å². The Labute approximate surface area is 111 Å². The highest BCUT2D eigenvalue weighted by atomic mass is 16.5. The third-order valence-corrected chi connectivity index (χ3v) is 3.95. The highest BCUT2D eigenvalue weighted by Gasteiger charge is 2.45. The third kappa shape index (κ3) is 2.69. The molecular formula is C16H25NO. The summed E-state index contributed by atoms with van der Waals surface area (Å²) in [5.74, 6) is 1.05. The minimum atomic E-state index is 0.320. The summed E-state index contributed by atoms with van der Waals surface area (Å²) < 4.78 is 5.55. The second kappa shape index (κ2) is 5.31. The van der Waals surface area contributed by atoms with Gasteiger partial charge in [0.15, 0.2) is 0 Å². The molecule has 0 spiro atoms. The van der Waals surface area contributed by atoms with Gasteiger partial charge in [0.05, 0.1) is 7.11 Å². The predicted octanol–water partition coefficient (Wildman–Crippen LogP) is 3.29. The van der Waals surface area contributed by atoms with E-state index in [1.807, 2.05) is 0 Å². The first kappa shape index (κ1) is 13.4. The Morgan fingerprint density at radius 1 is 1.33 bits per heavy atom. The van der Waals surface area contributed by atoms with Crippen LogP contribution in [0.25, 0.3) is 0 Å². The number of hydrogen-bond acceptors (Lipinski definition) is 2. The zero-order valence-corrected chi connectivity index (χ0v) is 12.0. The fraction of sp³-hybridized carbons (Fsp3) is 0.625. The first-order valence-electron chi connectivity index (χ1n) is 7.02. The third-order valence-electron chi connectivity index (χ3n) is 3.95. The smallest absolute Gasteiger partial charge is 0.122 e. The maximum atomic E-state index is 5.55. The van der Waals surface area contributed by atoms with Crippen molar-refractivity contribution in [2.24, 2.45) is 0 Å². The molecule has 0 saturated heterocycles. The number of ether oxygens (including phenoxy) is 1. The van der Waals surface area contributed by atoms with Gasteiger partial charge >= 0.3 is 0 Å². The van der Waals surface area contributed by atoms with Crippen molar-refractivity contribution in [2.75, 3.05) is 13.7 Å². The number of rotatable bonds is 6. The first-order valence-corrected chi connectivity index (χ1v) is 7.02. The molecule has 0 atom stereocenters. The maximum absolute atomic E-state index is 5.55. The molecule has 18 heavy (non-hydrogen) atoms. The standard InChI is InChI=1S/C16H25NO/c1-5-13-6-7-15(18-4)14(10-13)16(8-9-16)11-17-12(2)3/h6-7,10,12,17H,5,8-9,11H2,1-4H3. The molecule has 1 aliphatic rings. The fourth-order valence-electron chi connectivity index (χ4n) is 2.48. The Kier molecular flexibility index (Phi) is 3.96. The molecule has 0 bridgehead atoms. The van der Waals surface area contributed by atoms with Crippen LogP contribution >= 0.6 is 0 Å². The number of hydrogen-bond donors (Lipinski definition) is 1. The van der Waals surface area contributed by atoms with Crippen LogP contribution in [0.5, 0.6) is 5.75 Å². The predicted molar refractivity (Wildman–Crippen MR) is 76.4 cm³/mol. The lowest BCUT2D eigenvalue weighted by Crippen LogP contribution is -2.32. The molecule has 100 valence electrons. The lowest BCUT2D eigenvalue weighted by atomic mass is 9.92. The van der Waals surface area contributed by atoms with Crippen molar-refractivity contribution in [3.63, 3.8) is 0 Å². The summed E-state index contributed by atoms with van der Waals surface area (Å²) in [6.07, 6.45) is 3.64. The van der Waals surface area contributed by atoms with E-state index < -0.39 is 0 Å². The average molecular weight is 247 g/mol. The van der Waals surface area contributed by atoms with Gasteiger partial charge < -0.3 is 10.1 Å². The van der Waals surface area contributed by atoms with Gasteiger partial charge in [0, 0.05) is 23.6 Å². The van der Waals surface area contributed by atoms with Crippen LogP contribution in [-0.4, -0.2) is 19.7 Å². The summed E-state index contributed by atoms with van der Waals surface area (Å²) in [6, 6.07) is 7.19. The van der Waals surface area contributed by atoms with E-state index in [0.29, 0.717) is 11.5 Å². The summed E-state index contributed by atoms with van der Waals surface area (Å²) in [7, 11) is 1.77. The largest absolute Gasteiger partial charge is 0.496 e. The second-order valence-electron chi connectivity index (χ2n) is 5.70. The normalized spacial score (nSPS) is 16.9. The molecule has 1 fully saturated rings. The Bertz CT molecular complexity index is 408. The van der Waals surface area contributed by atoms with Gasteiger partial charge in [-0.1, -0.05) is 32.9 Å². The molecule has 0 heterocycles. The molecule has 0 radical (unpaired) electrons. The number of benzene rings is 1. The van der Waals surface area contributed by atoms with Crippen LogP contribution in [0.4, 0.5) is 0 Å². The van der Waals surface area contributed by atoms with E-state index in [1.165, 1.54) is 24.0 Å². The van der Waals surface area contributed by atoms with E-state index in [9.17, 15) is 0 Å². The van der Waals surface area contributed by atoms with Gasteiger partial charge in [0.2, 0.25) is 0 Å². The lowest BCUT2D eigenvalue weighted by molar-refractivity contribution is 0.400. The summed E-state index contributed by atoms with van der Waals surface area (Å²) in [5.41, 5.74) is 3.12. The van der Waals surface area contributed by atoms with Crippen molar-refractivity contribution >= 4 is 0 Å². The minimum Gasteiger partial charge on any atom is -0.496 e. The molecule has 1 aromatic rings. The molecular weight excluding hydrogens is 222 g/mol. The van der Waals surface area contributed by atoms with Gasteiger partial charge in [-0.15, -0.1) is 0 Å². The fourth-order valence-corrected chi connectivity index (χ4v) is 2.48. The highest BCUT2D eigenvalue weighted by Crippen LogP contribution is 2.51. The SMILES string of the molecule is CCc1ccc(OC)c(C2(CNC(C)C)CC2)c1. The number of methoxy groups -OCH3 is 1. The monoisotopic (exact) mass is 247 g/mol. The van der Waals surface area contributed by atoms with Crippen molar-refractivity contribution in [1.29, 1.82) is 0 Å². The quantitative estimate of drug-likeness (QED) is 0.833. The van der Waals surface area contributed by atoms with Crippen molar-refractivity contribution in [3.8, 4) is 5.75 Å². The summed E-state index contributed by atoms with van der Waals surface area (Å²) in [6.45, 7) is 7.68. The molecule has 2 nitrogen and oxygen atoms in total. The van der Waals surface area contributed by atoms with Crippen molar-refractivity contribution in [2.45, 2.75) is 51.5 Å². The van der Waals surface area contributed by atoms with Crippen LogP contribution in [0, 0.1) is 0 Å². The second-order valence-corrected chi connectivity index (χ2v) is 5.70. The first-order chi connectivity index (χ1) is 8.61. The van der Waals surface area contributed by atoms with Gasteiger partial charge in [-0.2, -0.15) is 0 Å².